The summed E-state index contributed by atoms with van der Waals surface area (Å²) in [4.78, 5) is 4.39. The molecule has 6 heteroatoms. The average Bonchev–Trinajstić information content (AvgIpc) is 2.85. The third kappa shape index (κ3) is 2.31. The summed E-state index contributed by atoms with van der Waals surface area (Å²) in [6.45, 7) is 2.07. The molecule has 4 rings (SSSR count). The second-order valence-electron chi connectivity index (χ2n) is 5.43. The number of hydrogen-bond donors (Lipinski definition) is 2. The lowest BCUT2D eigenvalue weighted by atomic mass is 10.1. The summed E-state index contributed by atoms with van der Waals surface area (Å²) in [5.74, 6) is 0.576. The standard InChI is InChI=1S/C15H16FN5/c16-10-1-2-12-13(7-10)20-21-9-18-15(8-14(12)21)19-11-3-5-17-6-4-11/h1-2,7-9,11,17,19H,3-6H2. The van der Waals surface area contributed by atoms with Crippen LogP contribution in [0.1, 0.15) is 12.8 Å². The summed E-state index contributed by atoms with van der Waals surface area (Å²) in [5.41, 5.74) is 1.59. The summed E-state index contributed by atoms with van der Waals surface area (Å²) in [6.07, 6.45) is 3.87. The van der Waals surface area contributed by atoms with E-state index in [0.717, 1.165) is 42.7 Å². The Balaban J connectivity index is 1.72. The lowest BCUT2D eigenvalue weighted by Gasteiger charge is -2.24. The Morgan fingerprint density at radius 3 is 2.95 bits per heavy atom. The van der Waals surface area contributed by atoms with Gasteiger partial charge in [-0.3, -0.25) is 0 Å². The van der Waals surface area contributed by atoms with E-state index >= 15 is 0 Å². The number of aromatic nitrogens is 3. The highest BCUT2D eigenvalue weighted by Crippen LogP contribution is 2.22. The minimum Gasteiger partial charge on any atom is -0.367 e. The smallest absolute Gasteiger partial charge is 0.130 e. The fourth-order valence-corrected chi connectivity index (χ4v) is 2.87. The number of rotatable bonds is 2. The molecule has 1 aromatic carbocycles. The molecule has 0 unspecified atom stereocenters. The SMILES string of the molecule is Fc1ccc2c(c1)nn1cnc(NC3CCNCC3)cc21. The molecule has 2 aromatic heterocycles. The third-order valence-electron chi connectivity index (χ3n) is 3.97. The lowest BCUT2D eigenvalue weighted by molar-refractivity contribution is 0.478. The molecular weight excluding hydrogens is 269 g/mol. The van der Waals surface area contributed by atoms with Crippen molar-refractivity contribution in [3.63, 3.8) is 0 Å². The second kappa shape index (κ2) is 4.96. The molecule has 0 spiro atoms. The van der Waals surface area contributed by atoms with Crippen molar-refractivity contribution in [2.75, 3.05) is 18.4 Å². The Kier molecular flexibility index (Phi) is 2.96. The zero-order valence-electron chi connectivity index (χ0n) is 11.5. The van der Waals surface area contributed by atoms with E-state index in [1.807, 2.05) is 6.07 Å². The quantitative estimate of drug-likeness (QED) is 0.758. The molecule has 3 aromatic rings. The van der Waals surface area contributed by atoms with E-state index in [1.54, 1.807) is 16.9 Å². The first-order chi connectivity index (χ1) is 10.3. The fourth-order valence-electron chi connectivity index (χ4n) is 2.87. The van der Waals surface area contributed by atoms with Gasteiger partial charge in [-0.25, -0.2) is 13.9 Å². The summed E-state index contributed by atoms with van der Waals surface area (Å²) < 4.78 is 15.0. The Bertz CT molecular complexity index is 791. The van der Waals surface area contributed by atoms with Crippen LogP contribution in [-0.2, 0) is 0 Å². The topological polar surface area (TPSA) is 54.2 Å². The molecule has 1 fully saturated rings. The Morgan fingerprint density at radius 2 is 2.10 bits per heavy atom. The van der Waals surface area contributed by atoms with E-state index in [-0.39, 0.29) is 5.82 Å². The monoisotopic (exact) mass is 285 g/mol. The van der Waals surface area contributed by atoms with E-state index in [1.165, 1.54) is 12.1 Å². The number of benzene rings is 1. The molecule has 0 saturated carbocycles. The molecule has 1 aliphatic heterocycles. The number of nitrogens with one attached hydrogen (secondary N) is 2. The molecule has 5 nitrogen and oxygen atoms in total. The van der Waals surface area contributed by atoms with Crippen LogP contribution in [-0.4, -0.2) is 33.7 Å². The van der Waals surface area contributed by atoms with Crippen LogP contribution in [0.4, 0.5) is 10.2 Å². The molecule has 2 N–H and O–H groups in total. The maximum Gasteiger partial charge on any atom is 0.130 e. The van der Waals surface area contributed by atoms with Crippen molar-refractivity contribution in [2.24, 2.45) is 0 Å². The number of anilines is 1. The summed E-state index contributed by atoms with van der Waals surface area (Å²) in [5, 5.41) is 12.1. The zero-order chi connectivity index (χ0) is 14.2. The van der Waals surface area contributed by atoms with Crippen LogP contribution in [0.15, 0.2) is 30.6 Å². The van der Waals surface area contributed by atoms with Crippen molar-refractivity contribution in [3.8, 4) is 0 Å². The van der Waals surface area contributed by atoms with Crippen molar-refractivity contribution in [1.29, 1.82) is 0 Å². The van der Waals surface area contributed by atoms with Gasteiger partial charge < -0.3 is 10.6 Å². The predicted octanol–water partition coefficient (Wildman–Crippen LogP) is 2.19. The molecule has 21 heavy (non-hydrogen) atoms. The fraction of sp³-hybridized carbons (Fsp3) is 0.333. The molecule has 0 amide bonds. The van der Waals surface area contributed by atoms with E-state index in [2.05, 4.69) is 20.7 Å². The zero-order valence-corrected chi connectivity index (χ0v) is 11.5. The van der Waals surface area contributed by atoms with Gasteiger partial charge >= 0.3 is 0 Å². The number of nitrogens with zero attached hydrogens (tertiary/aromatic N) is 3. The number of fused-ring (bicyclic) bond motifs is 3. The van der Waals surface area contributed by atoms with E-state index < -0.39 is 0 Å². The maximum absolute atomic E-state index is 13.3. The summed E-state index contributed by atoms with van der Waals surface area (Å²) in [7, 11) is 0. The first-order valence-electron chi connectivity index (χ1n) is 7.20. The van der Waals surface area contributed by atoms with Crippen molar-refractivity contribution < 1.29 is 4.39 Å². The van der Waals surface area contributed by atoms with Crippen LogP contribution < -0.4 is 10.6 Å². The van der Waals surface area contributed by atoms with Gasteiger partial charge in [-0.2, -0.15) is 5.10 Å². The minimum atomic E-state index is -0.271. The van der Waals surface area contributed by atoms with Crippen LogP contribution >= 0.6 is 0 Å². The van der Waals surface area contributed by atoms with Gasteiger partial charge in [0.05, 0.1) is 11.0 Å². The molecule has 0 bridgehead atoms. The van der Waals surface area contributed by atoms with Gasteiger partial charge in [0.1, 0.15) is 18.0 Å². The van der Waals surface area contributed by atoms with Crippen LogP contribution in [0.3, 0.4) is 0 Å². The van der Waals surface area contributed by atoms with E-state index in [4.69, 9.17) is 0 Å². The van der Waals surface area contributed by atoms with Gasteiger partial charge in [-0.15, -0.1) is 0 Å². The first kappa shape index (κ1) is 12.5. The summed E-state index contributed by atoms with van der Waals surface area (Å²) in [6, 6.07) is 7.11. The van der Waals surface area contributed by atoms with Crippen LogP contribution in [0, 0.1) is 5.82 Å². The average molecular weight is 285 g/mol. The molecule has 0 radical (unpaired) electrons. The van der Waals surface area contributed by atoms with Crippen molar-refractivity contribution in [2.45, 2.75) is 18.9 Å². The van der Waals surface area contributed by atoms with Crippen LogP contribution in [0.25, 0.3) is 16.4 Å². The first-order valence-corrected chi connectivity index (χ1v) is 7.20. The molecular formula is C15H16FN5. The van der Waals surface area contributed by atoms with Gasteiger partial charge in [-0.05, 0) is 38.1 Å². The number of hydrogen-bond acceptors (Lipinski definition) is 4. The maximum atomic E-state index is 13.3. The molecule has 108 valence electrons. The molecule has 3 heterocycles. The lowest BCUT2D eigenvalue weighted by Crippen LogP contribution is -2.35. The highest BCUT2D eigenvalue weighted by atomic mass is 19.1. The Labute approximate surface area is 121 Å². The highest BCUT2D eigenvalue weighted by Gasteiger charge is 2.14. The third-order valence-corrected chi connectivity index (χ3v) is 3.97. The van der Waals surface area contributed by atoms with Gasteiger partial charge in [-0.1, -0.05) is 0 Å². The van der Waals surface area contributed by atoms with Crippen LogP contribution in [0.5, 0.6) is 0 Å². The largest absolute Gasteiger partial charge is 0.367 e. The Hall–Kier alpha value is -2.21. The van der Waals surface area contributed by atoms with Crippen molar-refractivity contribution in [3.05, 3.63) is 36.4 Å². The van der Waals surface area contributed by atoms with E-state index in [0.29, 0.717) is 11.6 Å². The minimum absolute atomic E-state index is 0.271. The predicted molar refractivity (Wildman–Crippen MR) is 80.0 cm³/mol. The number of piperidine rings is 1. The summed E-state index contributed by atoms with van der Waals surface area (Å²) >= 11 is 0. The molecule has 1 aliphatic rings. The van der Waals surface area contributed by atoms with Crippen LogP contribution in [0.2, 0.25) is 0 Å². The van der Waals surface area contributed by atoms with Gasteiger partial charge in [0, 0.05) is 23.6 Å². The Morgan fingerprint density at radius 1 is 1.24 bits per heavy atom. The normalized spacial score (nSPS) is 16.6. The van der Waals surface area contributed by atoms with Gasteiger partial charge in [0.15, 0.2) is 0 Å². The molecule has 0 aliphatic carbocycles. The molecule has 1 saturated heterocycles. The van der Waals surface area contributed by atoms with Gasteiger partial charge in [0.25, 0.3) is 0 Å². The number of halogens is 1. The highest BCUT2D eigenvalue weighted by molar-refractivity contribution is 5.94. The van der Waals surface area contributed by atoms with Crippen molar-refractivity contribution >= 4 is 22.2 Å². The van der Waals surface area contributed by atoms with Gasteiger partial charge in [0.2, 0.25) is 0 Å². The van der Waals surface area contributed by atoms with E-state index in [9.17, 15) is 4.39 Å². The second-order valence-corrected chi connectivity index (χ2v) is 5.43. The van der Waals surface area contributed by atoms with Crippen molar-refractivity contribution in [1.82, 2.24) is 19.9 Å². The molecule has 0 atom stereocenters.